The van der Waals surface area contributed by atoms with Gasteiger partial charge in [-0.1, -0.05) is 170 Å². The SMILES string of the molecule is CCCCCCn1cc(C)nc1C=N[C@H](C)c1ccccc1.CCCCCCn1cc(C)nc1C=N[C@H](C)c1ccccc1.CCCCCCn1cc(C)nc1C=N[C@H](C)c1ccccc1.[Fe+2].[O-][Cl+3]([O-])([O-])[O-].[O-][Cl+3]([O-])([O-])[O-]. The molecule has 3 atom stereocenters. The third-order valence-electron chi connectivity index (χ3n) is 11.6. The molecule has 0 aliphatic heterocycles. The zero-order valence-electron chi connectivity index (χ0n) is 46.4. The third kappa shape index (κ3) is 33.9. The van der Waals surface area contributed by atoms with Crippen molar-refractivity contribution in [3.63, 3.8) is 0 Å². The molecular formula is C57H81Cl2FeN9O8. The van der Waals surface area contributed by atoms with Crippen molar-refractivity contribution in [1.82, 2.24) is 28.7 Å². The zero-order chi connectivity index (χ0) is 56.4. The Balaban J connectivity index is 0.000000526. The third-order valence-corrected chi connectivity index (χ3v) is 11.6. The largest absolute Gasteiger partial charge is 2.00 e. The second-order valence-electron chi connectivity index (χ2n) is 18.3. The smallest absolute Gasteiger partial charge is 0.330 e. The van der Waals surface area contributed by atoms with Gasteiger partial charge in [0.2, 0.25) is 0 Å². The number of halogens is 2. The van der Waals surface area contributed by atoms with Crippen molar-refractivity contribution >= 4 is 18.6 Å². The minimum absolute atomic E-state index is 0. The average Bonchev–Trinajstić information content (AvgIpc) is 4.06. The van der Waals surface area contributed by atoms with Gasteiger partial charge < -0.3 is 13.7 Å². The van der Waals surface area contributed by atoms with E-state index in [1.807, 2.05) is 57.6 Å². The van der Waals surface area contributed by atoms with Gasteiger partial charge in [-0.15, -0.1) is 20.5 Å². The molecule has 0 saturated heterocycles. The minimum atomic E-state index is -4.94. The van der Waals surface area contributed by atoms with E-state index in [2.05, 4.69) is 177 Å². The van der Waals surface area contributed by atoms with Crippen LogP contribution < -0.4 is 37.3 Å². The molecule has 0 radical (unpaired) electrons. The molecule has 0 N–H and O–H groups in total. The summed E-state index contributed by atoms with van der Waals surface area (Å²) in [6.45, 7) is 22.3. The van der Waals surface area contributed by atoms with Crippen LogP contribution in [0.3, 0.4) is 0 Å². The molecule has 3 aromatic carbocycles. The Kier molecular flexibility index (Phi) is 35.9. The number of imidazole rings is 3. The number of benzene rings is 3. The second kappa shape index (κ2) is 39.4. The van der Waals surface area contributed by atoms with Crippen molar-refractivity contribution in [3.05, 3.63) is 161 Å². The summed E-state index contributed by atoms with van der Waals surface area (Å²) >= 11 is 0. The van der Waals surface area contributed by atoms with Crippen molar-refractivity contribution in [1.29, 1.82) is 0 Å². The summed E-state index contributed by atoms with van der Waals surface area (Å²) in [5.41, 5.74) is 6.88. The summed E-state index contributed by atoms with van der Waals surface area (Å²) in [5.74, 6) is 2.91. The van der Waals surface area contributed by atoms with Gasteiger partial charge in [0.25, 0.3) is 0 Å². The van der Waals surface area contributed by atoms with E-state index >= 15 is 0 Å². The van der Waals surface area contributed by atoms with Gasteiger partial charge in [0, 0.05) is 38.2 Å². The number of nitrogens with zero attached hydrogens (tertiary/aromatic N) is 9. The predicted molar refractivity (Wildman–Crippen MR) is 281 cm³/mol. The van der Waals surface area contributed by atoms with Gasteiger partial charge in [0.15, 0.2) is 17.5 Å². The van der Waals surface area contributed by atoms with Crippen molar-refractivity contribution in [2.24, 2.45) is 15.0 Å². The van der Waals surface area contributed by atoms with E-state index in [4.69, 9.17) is 37.3 Å². The number of aliphatic imine (C=N–C) groups is 3. The van der Waals surface area contributed by atoms with E-state index in [-0.39, 0.29) is 35.2 Å². The molecular weight excluding hydrogens is 1070 g/mol. The normalized spacial score (nSPS) is 12.6. The van der Waals surface area contributed by atoms with Gasteiger partial charge in [0.05, 0.1) is 53.9 Å². The van der Waals surface area contributed by atoms with Crippen LogP contribution in [0.4, 0.5) is 0 Å². The van der Waals surface area contributed by atoms with Gasteiger partial charge in [-0.05, 0) is 77.5 Å². The molecule has 0 bridgehead atoms. The minimum Gasteiger partial charge on any atom is -0.330 e. The average molecular weight is 1150 g/mol. The predicted octanol–water partition coefficient (Wildman–Crippen LogP) is 5.34. The maximum Gasteiger partial charge on any atom is 2.00 e. The summed E-state index contributed by atoms with van der Waals surface area (Å²) in [7, 11) is -9.89. The summed E-state index contributed by atoms with van der Waals surface area (Å²) < 4.78 is 74.6. The van der Waals surface area contributed by atoms with E-state index in [0.29, 0.717) is 0 Å². The van der Waals surface area contributed by atoms with Crippen LogP contribution in [0.5, 0.6) is 0 Å². The first-order valence-electron chi connectivity index (χ1n) is 26.2. The molecule has 6 rings (SSSR count). The van der Waals surface area contributed by atoms with Crippen LogP contribution in [-0.2, 0) is 36.7 Å². The van der Waals surface area contributed by atoms with Crippen LogP contribution in [0.25, 0.3) is 0 Å². The fraction of sp³-hybridized carbons (Fsp3) is 0.474. The van der Waals surface area contributed by atoms with Crippen molar-refractivity contribution < 1.29 is 74.8 Å². The molecule has 0 aliphatic rings. The zero-order valence-corrected chi connectivity index (χ0v) is 49.0. The van der Waals surface area contributed by atoms with E-state index in [9.17, 15) is 0 Å². The summed E-state index contributed by atoms with van der Waals surface area (Å²) in [6, 6.07) is 31.6. The van der Waals surface area contributed by atoms with E-state index in [1.54, 1.807) is 0 Å². The molecule has 0 unspecified atom stereocenters. The fourth-order valence-electron chi connectivity index (χ4n) is 7.66. The Morgan fingerprint density at radius 1 is 0.403 bits per heavy atom. The van der Waals surface area contributed by atoms with Gasteiger partial charge >= 0.3 is 17.1 Å². The van der Waals surface area contributed by atoms with Crippen LogP contribution in [0.2, 0.25) is 0 Å². The van der Waals surface area contributed by atoms with Crippen molar-refractivity contribution in [2.75, 3.05) is 0 Å². The molecule has 3 aromatic heterocycles. The summed E-state index contributed by atoms with van der Waals surface area (Å²) in [6.07, 6.45) is 27.3. The van der Waals surface area contributed by atoms with E-state index < -0.39 is 20.5 Å². The molecule has 0 aliphatic carbocycles. The molecule has 0 spiro atoms. The molecule has 20 heteroatoms. The Morgan fingerprint density at radius 2 is 0.623 bits per heavy atom. The van der Waals surface area contributed by atoms with Crippen LogP contribution >= 0.6 is 0 Å². The fourth-order valence-corrected chi connectivity index (χ4v) is 7.66. The number of hydrogen-bond acceptors (Lipinski definition) is 14. The van der Waals surface area contributed by atoms with Crippen molar-refractivity contribution in [2.45, 2.75) is 177 Å². The Hall–Kier alpha value is -4.92. The number of rotatable bonds is 24. The van der Waals surface area contributed by atoms with Crippen LogP contribution in [-0.4, -0.2) is 47.3 Å². The maximum atomic E-state index is 8.49. The monoisotopic (exact) mass is 1150 g/mol. The van der Waals surface area contributed by atoms with Crippen molar-refractivity contribution in [3.8, 4) is 0 Å². The Morgan fingerprint density at radius 3 is 0.831 bits per heavy atom. The van der Waals surface area contributed by atoms with E-state index in [1.165, 1.54) is 93.7 Å². The molecule has 424 valence electrons. The van der Waals surface area contributed by atoms with Gasteiger partial charge in [-0.2, -0.15) is 0 Å². The van der Waals surface area contributed by atoms with Crippen LogP contribution in [0, 0.1) is 41.3 Å². The van der Waals surface area contributed by atoms with Gasteiger partial charge in [-0.25, -0.2) is 52.2 Å². The van der Waals surface area contributed by atoms with Gasteiger partial charge in [0.1, 0.15) is 0 Å². The molecule has 17 nitrogen and oxygen atoms in total. The molecule has 0 fully saturated rings. The molecule has 77 heavy (non-hydrogen) atoms. The van der Waals surface area contributed by atoms with E-state index in [0.717, 1.165) is 54.2 Å². The summed E-state index contributed by atoms with van der Waals surface area (Å²) in [4.78, 5) is 27.8. The van der Waals surface area contributed by atoms with Gasteiger partial charge in [-0.3, -0.25) is 15.0 Å². The maximum absolute atomic E-state index is 8.49. The topological polar surface area (TPSA) is 275 Å². The second-order valence-corrected chi connectivity index (χ2v) is 19.8. The first-order chi connectivity index (χ1) is 36.1. The number of hydrogen-bond donors (Lipinski definition) is 0. The molecule has 3 heterocycles. The summed E-state index contributed by atoms with van der Waals surface area (Å²) in [5, 5.41) is 0. The van der Waals surface area contributed by atoms with Crippen LogP contribution in [0.1, 0.15) is 188 Å². The Labute approximate surface area is 472 Å². The first kappa shape index (κ1) is 70.1. The molecule has 0 saturated carbocycles. The Bertz CT molecular complexity index is 2230. The number of aromatic nitrogens is 6. The molecule has 6 aromatic rings. The van der Waals surface area contributed by atoms with Crippen LogP contribution in [0.15, 0.2) is 125 Å². The standard InChI is InChI=1S/3C19H27N3.2ClHO4.Fe/c3*1-4-5-6-10-13-22-15-16(2)21-19(22)14-20-17(3)18-11-8-7-9-12-18;2*2-1(3,4)5;/h3*7-9,11-12,14-15,17H,4-6,10,13H2,1-3H3;2*(H,2,3,4,5);/q;;;;;+2/p-2/t3*17-;;;/m111.../s1. The number of aryl methyl sites for hydroxylation is 6. The molecule has 0 amide bonds. The quantitative estimate of drug-likeness (QED) is 0.0424. The first-order valence-corrected chi connectivity index (χ1v) is 28.7. The number of unbranched alkanes of at least 4 members (excludes halogenated alkanes) is 9.